The quantitative estimate of drug-likeness (QED) is 0.289. The number of ether oxygens (including phenoxy) is 1. The Morgan fingerprint density at radius 3 is 2.80 bits per heavy atom. The molecule has 0 unspecified atom stereocenters. The standard InChI is InChI=1S/C22H26F4N8O/c1-33-9-7-17(22(25,26)12-33)29-21-30-20(35-2)19-14(6-10-34(19)32-21)13-3-4-15(31-27)16(11-13)28-8-5-18(23)24/h3-4,6,10-11,17-18,27-28H,5,7-9,12H2,1-2H3,(H,29,32)/t17-/m1/s1. The van der Waals surface area contributed by atoms with Gasteiger partial charge in [0.2, 0.25) is 18.3 Å². The Morgan fingerprint density at radius 1 is 1.31 bits per heavy atom. The summed E-state index contributed by atoms with van der Waals surface area (Å²) in [5.41, 5.74) is 9.94. The SMILES string of the molecule is COc1nc(N[C@@H]2CCN(C)CC2(F)F)nn2ccc(-c3ccc(N=N)c(NCCC(F)F)c3)c12. The van der Waals surface area contributed by atoms with E-state index in [1.165, 1.54) is 11.6 Å². The third-order valence-corrected chi connectivity index (χ3v) is 5.87. The number of anilines is 2. The number of fused-ring (bicyclic) bond motifs is 1. The fourth-order valence-electron chi connectivity index (χ4n) is 4.13. The number of piperidine rings is 1. The van der Waals surface area contributed by atoms with Gasteiger partial charge in [0.1, 0.15) is 11.2 Å². The van der Waals surface area contributed by atoms with Gasteiger partial charge in [0.05, 0.1) is 25.4 Å². The third kappa shape index (κ3) is 5.29. The summed E-state index contributed by atoms with van der Waals surface area (Å²) in [5.74, 6) is -2.75. The van der Waals surface area contributed by atoms with Crippen molar-refractivity contribution in [1.29, 1.82) is 5.53 Å². The molecule has 0 bridgehead atoms. The van der Waals surface area contributed by atoms with E-state index in [1.54, 1.807) is 42.4 Å². The number of hydrogen-bond donors (Lipinski definition) is 3. The first-order valence-electron chi connectivity index (χ1n) is 11.0. The first kappa shape index (κ1) is 24.6. The molecule has 0 radical (unpaired) electrons. The molecule has 9 nitrogen and oxygen atoms in total. The van der Waals surface area contributed by atoms with Gasteiger partial charge in [0.25, 0.3) is 5.92 Å². The monoisotopic (exact) mass is 494 g/mol. The van der Waals surface area contributed by atoms with Crippen LogP contribution >= 0.6 is 0 Å². The second-order valence-electron chi connectivity index (χ2n) is 8.40. The van der Waals surface area contributed by atoms with Crippen LogP contribution in [0.25, 0.3) is 16.6 Å². The number of hydrogen-bond acceptors (Lipinski definition) is 8. The van der Waals surface area contributed by atoms with Crippen molar-refractivity contribution in [3.63, 3.8) is 0 Å². The second kappa shape index (κ2) is 10.0. The Morgan fingerprint density at radius 2 is 2.11 bits per heavy atom. The van der Waals surface area contributed by atoms with Gasteiger partial charge in [0.15, 0.2) is 0 Å². The van der Waals surface area contributed by atoms with Gasteiger partial charge in [0, 0.05) is 31.3 Å². The fraction of sp³-hybridized carbons (Fsp3) is 0.455. The van der Waals surface area contributed by atoms with Crippen molar-refractivity contribution >= 4 is 22.8 Å². The third-order valence-electron chi connectivity index (χ3n) is 5.87. The van der Waals surface area contributed by atoms with E-state index < -0.39 is 18.4 Å². The molecule has 35 heavy (non-hydrogen) atoms. The molecule has 1 fully saturated rings. The maximum atomic E-state index is 14.5. The molecule has 2 aromatic heterocycles. The lowest BCUT2D eigenvalue weighted by atomic mass is 10.0. The lowest BCUT2D eigenvalue weighted by Crippen LogP contribution is -2.53. The number of methoxy groups -OCH3 is 1. The molecule has 0 amide bonds. The zero-order valence-corrected chi connectivity index (χ0v) is 19.2. The number of aromatic nitrogens is 3. The molecule has 1 aromatic carbocycles. The molecular formula is C22H26F4N8O. The predicted molar refractivity (Wildman–Crippen MR) is 123 cm³/mol. The first-order chi connectivity index (χ1) is 16.7. The lowest BCUT2D eigenvalue weighted by Gasteiger charge is -2.36. The molecule has 3 heterocycles. The predicted octanol–water partition coefficient (Wildman–Crippen LogP) is 4.89. The number of benzene rings is 1. The van der Waals surface area contributed by atoms with E-state index in [0.717, 1.165) is 0 Å². The van der Waals surface area contributed by atoms with Crippen molar-refractivity contribution in [2.75, 3.05) is 44.4 Å². The molecule has 3 aromatic rings. The molecule has 0 saturated carbocycles. The number of alkyl halides is 4. The van der Waals surface area contributed by atoms with Crippen molar-refractivity contribution in [2.45, 2.75) is 31.2 Å². The average Bonchev–Trinajstić information content (AvgIpc) is 3.24. The van der Waals surface area contributed by atoms with Crippen molar-refractivity contribution in [3.8, 4) is 17.0 Å². The van der Waals surface area contributed by atoms with E-state index in [4.69, 9.17) is 10.3 Å². The minimum absolute atomic E-state index is 0.0171. The van der Waals surface area contributed by atoms with E-state index in [2.05, 4.69) is 25.8 Å². The highest BCUT2D eigenvalue weighted by molar-refractivity contribution is 5.87. The number of halogens is 4. The normalized spacial score (nSPS) is 18.1. The minimum Gasteiger partial charge on any atom is -0.479 e. The zero-order valence-electron chi connectivity index (χ0n) is 19.2. The fourth-order valence-corrected chi connectivity index (χ4v) is 4.13. The summed E-state index contributed by atoms with van der Waals surface area (Å²) in [5, 5.41) is 13.4. The maximum Gasteiger partial charge on any atom is 0.280 e. The van der Waals surface area contributed by atoms with Crippen LogP contribution in [0.1, 0.15) is 12.8 Å². The highest BCUT2D eigenvalue weighted by atomic mass is 19.3. The molecule has 1 aliphatic heterocycles. The average molecular weight is 494 g/mol. The van der Waals surface area contributed by atoms with E-state index in [0.29, 0.717) is 34.6 Å². The minimum atomic E-state index is -2.95. The van der Waals surface area contributed by atoms with Crippen LogP contribution in [0.5, 0.6) is 5.88 Å². The number of likely N-dealkylation sites (tertiary alicyclic amines) is 1. The van der Waals surface area contributed by atoms with E-state index >= 15 is 0 Å². The van der Waals surface area contributed by atoms with Crippen molar-refractivity contribution < 1.29 is 22.3 Å². The number of nitrogens with one attached hydrogen (secondary N) is 3. The molecule has 1 atom stereocenters. The van der Waals surface area contributed by atoms with Crippen LogP contribution in [-0.2, 0) is 0 Å². The van der Waals surface area contributed by atoms with Gasteiger partial charge in [-0.15, -0.1) is 5.10 Å². The van der Waals surface area contributed by atoms with Gasteiger partial charge in [-0.25, -0.2) is 27.6 Å². The molecule has 188 valence electrons. The summed E-state index contributed by atoms with van der Waals surface area (Å²) in [6, 6.07) is 5.67. The van der Waals surface area contributed by atoms with Crippen molar-refractivity contribution in [1.82, 2.24) is 19.5 Å². The molecule has 1 aliphatic rings. The summed E-state index contributed by atoms with van der Waals surface area (Å²) < 4.78 is 61.0. The molecule has 4 rings (SSSR count). The Balaban J connectivity index is 1.66. The van der Waals surface area contributed by atoms with Crippen LogP contribution in [0.15, 0.2) is 35.6 Å². The van der Waals surface area contributed by atoms with E-state index in [9.17, 15) is 17.6 Å². The molecule has 1 saturated heterocycles. The Labute approximate surface area is 199 Å². The van der Waals surface area contributed by atoms with Gasteiger partial charge in [-0.05, 0) is 37.2 Å². The van der Waals surface area contributed by atoms with Crippen LogP contribution in [0, 0.1) is 5.53 Å². The van der Waals surface area contributed by atoms with Crippen LogP contribution < -0.4 is 15.4 Å². The topological polar surface area (TPSA) is 103 Å². The van der Waals surface area contributed by atoms with E-state index in [-0.39, 0.29) is 37.8 Å². The van der Waals surface area contributed by atoms with Crippen LogP contribution in [0.3, 0.4) is 0 Å². The second-order valence-corrected chi connectivity index (χ2v) is 8.40. The van der Waals surface area contributed by atoms with Crippen LogP contribution in [0.4, 0.5) is 34.9 Å². The van der Waals surface area contributed by atoms with Gasteiger partial charge in [-0.3, -0.25) is 0 Å². The van der Waals surface area contributed by atoms with Crippen LogP contribution in [0.2, 0.25) is 0 Å². The maximum absolute atomic E-state index is 14.5. The van der Waals surface area contributed by atoms with Gasteiger partial charge in [-0.2, -0.15) is 10.1 Å². The molecule has 3 N–H and O–H groups in total. The smallest absolute Gasteiger partial charge is 0.280 e. The number of rotatable bonds is 9. The number of nitrogens with zero attached hydrogens (tertiary/aromatic N) is 5. The summed E-state index contributed by atoms with van der Waals surface area (Å²) in [6.07, 6.45) is -0.903. The van der Waals surface area contributed by atoms with E-state index in [1.807, 2.05) is 0 Å². The summed E-state index contributed by atoms with van der Waals surface area (Å²) in [7, 11) is 3.08. The Hall–Kier alpha value is -3.48. The van der Waals surface area contributed by atoms with Crippen molar-refractivity contribution in [3.05, 3.63) is 30.5 Å². The largest absolute Gasteiger partial charge is 0.479 e. The summed E-state index contributed by atoms with van der Waals surface area (Å²) in [6.45, 7) is 0.184. The zero-order chi connectivity index (χ0) is 25.2. The highest BCUT2D eigenvalue weighted by Crippen LogP contribution is 2.36. The summed E-state index contributed by atoms with van der Waals surface area (Å²) in [4.78, 5) is 5.90. The Bertz CT molecular complexity index is 1200. The highest BCUT2D eigenvalue weighted by Gasteiger charge is 2.44. The van der Waals surface area contributed by atoms with Crippen LogP contribution in [-0.4, -0.2) is 71.7 Å². The van der Waals surface area contributed by atoms with Gasteiger partial charge < -0.3 is 20.3 Å². The molecule has 0 spiro atoms. The Kier molecular flexibility index (Phi) is 7.05. The molecule has 0 aliphatic carbocycles. The lowest BCUT2D eigenvalue weighted by molar-refractivity contribution is -0.0675. The molecular weight excluding hydrogens is 468 g/mol. The molecule has 13 heteroatoms. The van der Waals surface area contributed by atoms with Gasteiger partial charge >= 0.3 is 0 Å². The summed E-state index contributed by atoms with van der Waals surface area (Å²) >= 11 is 0. The van der Waals surface area contributed by atoms with Crippen molar-refractivity contribution in [2.24, 2.45) is 5.11 Å². The van der Waals surface area contributed by atoms with Gasteiger partial charge in [-0.1, -0.05) is 6.07 Å². The first-order valence-corrected chi connectivity index (χ1v) is 11.0.